The lowest BCUT2D eigenvalue weighted by Crippen LogP contribution is -2.27. The Bertz CT molecular complexity index is 1100. The maximum Gasteiger partial charge on any atom is 0.303 e. The summed E-state index contributed by atoms with van der Waals surface area (Å²) in [7, 11) is 0. The van der Waals surface area contributed by atoms with Gasteiger partial charge in [-0.25, -0.2) is 4.68 Å². The minimum Gasteiger partial charge on any atom is -0.481 e. The summed E-state index contributed by atoms with van der Waals surface area (Å²) in [5, 5.41) is 21.6. The quantitative estimate of drug-likeness (QED) is 0.218. The largest absolute Gasteiger partial charge is 0.481 e. The van der Waals surface area contributed by atoms with Crippen LogP contribution in [0.25, 0.3) is 0 Å². The van der Waals surface area contributed by atoms with Crippen molar-refractivity contribution in [2.45, 2.75) is 101 Å². The molecule has 0 radical (unpaired) electrons. The molecule has 1 aromatic carbocycles. The highest BCUT2D eigenvalue weighted by Crippen LogP contribution is 2.51. The first-order chi connectivity index (χ1) is 17.0. The third-order valence-electron chi connectivity index (χ3n) is 7.38. The highest BCUT2D eigenvalue weighted by molar-refractivity contribution is 14.1. The number of aromatic nitrogens is 3. The lowest BCUT2D eigenvalue weighted by molar-refractivity contribution is -0.137. The fourth-order valence-electron chi connectivity index (χ4n) is 5.59. The van der Waals surface area contributed by atoms with Gasteiger partial charge < -0.3 is 10.4 Å². The number of carbonyl (C=O) groups excluding carboxylic acids is 1. The Morgan fingerprint density at radius 1 is 1.22 bits per heavy atom. The van der Waals surface area contributed by atoms with Gasteiger partial charge in [-0.05, 0) is 68.4 Å². The second kappa shape index (κ2) is 11.2. The van der Waals surface area contributed by atoms with Gasteiger partial charge in [0.05, 0.1) is 17.4 Å². The minimum absolute atomic E-state index is 0.00212. The highest BCUT2D eigenvalue weighted by Gasteiger charge is 2.41. The van der Waals surface area contributed by atoms with E-state index in [4.69, 9.17) is 0 Å². The molecule has 0 spiro atoms. The zero-order valence-corrected chi connectivity index (χ0v) is 24.0. The molecule has 1 aromatic heterocycles. The predicted octanol–water partition coefficient (Wildman–Crippen LogP) is 6.76. The molecule has 0 bridgehead atoms. The molecule has 2 fully saturated rings. The van der Waals surface area contributed by atoms with Gasteiger partial charge >= 0.3 is 5.97 Å². The number of aliphatic carboxylic acids is 1. The van der Waals surface area contributed by atoms with Gasteiger partial charge in [0.1, 0.15) is 0 Å². The van der Waals surface area contributed by atoms with Crippen molar-refractivity contribution in [3.05, 3.63) is 40.7 Å². The summed E-state index contributed by atoms with van der Waals surface area (Å²) >= 11 is 2.30. The number of aryl methyl sites for hydroxylation is 1. The number of hydrogen-bond donors (Lipinski definition) is 2. The maximum absolute atomic E-state index is 13.2. The van der Waals surface area contributed by atoms with E-state index >= 15 is 0 Å². The Balaban J connectivity index is 1.52. The molecule has 4 rings (SSSR count). The first-order valence-corrected chi connectivity index (χ1v) is 14.7. The number of nitrogens with one attached hydrogen (secondary N) is 1. The standard InChI is InChI=1S/C28H39IN4O3/c1-17-5-9-23(21(11-17)16-29)30-24(34)14-22(8-10-25(35)36)33-27(19-6-7-19)26(31-32-33)20-12-18(13-20)15-28(2,3)4/h5,9,11,18-20,22H,6-8,10,12-16H2,1-4H3,(H,30,34)(H,35,36)/t18?,20?,22-/m0/s1. The number of carboxylic acids is 1. The van der Waals surface area contributed by atoms with Crippen molar-refractivity contribution >= 4 is 40.2 Å². The van der Waals surface area contributed by atoms with Crippen molar-refractivity contribution in [1.29, 1.82) is 0 Å². The van der Waals surface area contributed by atoms with Crippen molar-refractivity contribution in [3.63, 3.8) is 0 Å². The highest BCUT2D eigenvalue weighted by atomic mass is 127. The molecule has 8 heteroatoms. The van der Waals surface area contributed by atoms with Crippen molar-refractivity contribution in [3.8, 4) is 0 Å². The molecule has 1 heterocycles. The average Bonchev–Trinajstić information content (AvgIpc) is 3.52. The van der Waals surface area contributed by atoms with Crippen LogP contribution in [0.15, 0.2) is 18.2 Å². The summed E-state index contributed by atoms with van der Waals surface area (Å²) in [6, 6.07) is 5.70. The number of alkyl halides is 1. The van der Waals surface area contributed by atoms with E-state index in [1.54, 1.807) is 0 Å². The number of hydrogen-bond acceptors (Lipinski definition) is 4. The molecule has 2 saturated carbocycles. The summed E-state index contributed by atoms with van der Waals surface area (Å²) in [4.78, 5) is 24.6. The topological polar surface area (TPSA) is 97.1 Å². The predicted molar refractivity (Wildman–Crippen MR) is 150 cm³/mol. The molecule has 2 aromatic rings. The van der Waals surface area contributed by atoms with Crippen LogP contribution in [0.3, 0.4) is 0 Å². The summed E-state index contributed by atoms with van der Waals surface area (Å²) in [6.07, 6.45) is 6.26. The molecule has 2 aliphatic rings. The Labute approximate surface area is 227 Å². The molecule has 1 atom stereocenters. The normalized spacial score (nSPS) is 20.6. The summed E-state index contributed by atoms with van der Waals surface area (Å²) in [5.74, 6) is 0.600. The van der Waals surface area contributed by atoms with Crippen LogP contribution >= 0.6 is 22.6 Å². The van der Waals surface area contributed by atoms with E-state index in [1.807, 2.05) is 23.7 Å². The Morgan fingerprint density at radius 2 is 1.94 bits per heavy atom. The van der Waals surface area contributed by atoms with E-state index in [2.05, 4.69) is 65.1 Å². The Kier molecular flexibility index (Phi) is 8.42. The van der Waals surface area contributed by atoms with Crippen molar-refractivity contribution < 1.29 is 14.7 Å². The lowest BCUT2D eigenvalue weighted by Gasteiger charge is -2.38. The second-order valence-corrected chi connectivity index (χ2v) is 12.8. The average molecular weight is 607 g/mol. The third kappa shape index (κ3) is 6.86. The molecule has 0 saturated heterocycles. The van der Waals surface area contributed by atoms with E-state index in [-0.39, 0.29) is 24.8 Å². The second-order valence-electron chi connectivity index (χ2n) is 12.0. The van der Waals surface area contributed by atoms with Gasteiger partial charge in [0, 0.05) is 34.8 Å². The molecule has 0 unspecified atom stereocenters. The Hall–Kier alpha value is -1.97. The van der Waals surface area contributed by atoms with E-state index in [0.717, 1.165) is 64.2 Å². The van der Waals surface area contributed by atoms with Crippen LogP contribution in [0.5, 0.6) is 0 Å². The van der Waals surface area contributed by atoms with Crippen LogP contribution in [-0.4, -0.2) is 32.0 Å². The zero-order valence-electron chi connectivity index (χ0n) is 21.9. The van der Waals surface area contributed by atoms with Gasteiger partial charge in [-0.15, -0.1) is 5.10 Å². The van der Waals surface area contributed by atoms with Crippen LogP contribution in [0.2, 0.25) is 0 Å². The van der Waals surface area contributed by atoms with Crippen molar-refractivity contribution in [2.24, 2.45) is 11.3 Å². The summed E-state index contributed by atoms with van der Waals surface area (Å²) in [5.41, 5.74) is 5.63. The van der Waals surface area contributed by atoms with Crippen LogP contribution < -0.4 is 5.32 Å². The van der Waals surface area contributed by atoms with E-state index < -0.39 is 5.97 Å². The van der Waals surface area contributed by atoms with Gasteiger partial charge in [-0.1, -0.05) is 66.3 Å². The van der Waals surface area contributed by atoms with E-state index in [9.17, 15) is 14.7 Å². The smallest absolute Gasteiger partial charge is 0.303 e. The van der Waals surface area contributed by atoms with Crippen LogP contribution in [0.1, 0.15) is 113 Å². The van der Waals surface area contributed by atoms with Gasteiger partial charge in [-0.3, -0.25) is 9.59 Å². The Morgan fingerprint density at radius 3 is 2.56 bits per heavy atom. The number of halogens is 1. The fourth-order valence-corrected chi connectivity index (χ4v) is 6.22. The van der Waals surface area contributed by atoms with Gasteiger partial charge in [-0.2, -0.15) is 0 Å². The number of carbonyl (C=O) groups is 2. The molecular formula is C28H39IN4O3. The van der Waals surface area contributed by atoms with Crippen molar-refractivity contribution in [1.82, 2.24) is 15.0 Å². The maximum atomic E-state index is 13.2. The van der Waals surface area contributed by atoms with E-state index in [0.29, 0.717) is 23.7 Å². The summed E-state index contributed by atoms with van der Waals surface area (Å²) in [6.45, 7) is 8.93. The minimum atomic E-state index is -0.858. The number of anilines is 1. The van der Waals surface area contributed by atoms with Gasteiger partial charge in [0.25, 0.3) is 0 Å². The van der Waals surface area contributed by atoms with Gasteiger partial charge in [0.2, 0.25) is 5.91 Å². The monoisotopic (exact) mass is 606 g/mol. The molecule has 1 amide bonds. The third-order valence-corrected chi connectivity index (χ3v) is 8.20. The first-order valence-electron chi connectivity index (χ1n) is 13.2. The molecule has 7 nitrogen and oxygen atoms in total. The number of benzene rings is 1. The molecule has 2 aliphatic carbocycles. The first kappa shape index (κ1) is 27.1. The molecule has 2 N–H and O–H groups in total. The van der Waals surface area contributed by atoms with Crippen LogP contribution in [-0.2, 0) is 14.0 Å². The number of nitrogens with zero attached hydrogens (tertiary/aromatic N) is 3. The molecule has 196 valence electrons. The van der Waals surface area contributed by atoms with Gasteiger partial charge in [0.15, 0.2) is 0 Å². The van der Waals surface area contributed by atoms with Crippen molar-refractivity contribution in [2.75, 3.05) is 5.32 Å². The summed E-state index contributed by atoms with van der Waals surface area (Å²) < 4.78 is 2.72. The number of amides is 1. The zero-order chi connectivity index (χ0) is 26.0. The number of carboxylic acid groups (broad SMARTS) is 1. The lowest BCUT2D eigenvalue weighted by atomic mass is 9.67. The van der Waals surface area contributed by atoms with Crippen LogP contribution in [0, 0.1) is 18.3 Å². The number of rotatable bonds is 11. The van der Waals surface area contributed by atoms with E-state index in [1.165, 1.54) is 6.42 Å². The molecule has 0 aliphatic heterocycles. The fraction of sp³-hybridized carbons (Fsp3) is 0.643. The van der Waals surface area contributed by atoms with Crippen LogP contribution in [0.4, 0.5) is 5.69 Å². The SMILES string of the molecule is Cc1ccc(NC(=O)C[C@H](CCC(=O)O)n2nnc(C3CC(CC(C)(C)C)C3)c2C2CC2)c(CI)c1. The molecule has 36 heavy (non-hydrogen) atoms. The molecular weight excluding hydrogens is 567 g/mol.